The quantitative estimate of drug-likeness (QED) is 0.0736. The Morgan fingerprint density at radius 2 is 0.781 bits per heavy atom. The number of carboxylic acids is 1. The van der Waals surface area contributed by atoms with Crippen molar-refractivity contribution >= 4 is 34.6 Å². The zero-order valence-electron chi connectivity index (χ0n) is 55.7. The molecule has 21 heteroatoms. The van der Waals surface area contributed by atoms with E-state index in [4.69, 9.17) is 0 Å². The van der Waals surface area contributed by atoms with Gasteiger partial charge < -0.3 is 46.8 Å². The predicted molar refractivity (Wildman–Crippen MR) is 349 cm³/mol. The number of carbonyl (C=O) groups is 4. The Kier molecular flexibility index (Phi) is 28.0. The first kappa shape index (κ1) is 76.2. The van der Waals surface area contributed by atoms with E-state index in [-0.39, 0.29) is 53.7 Å². The minimum Gasteiger partial charge on any atom is -0.550 e. The fourth-order valence-electron chi connectivity index (χ4n) is 12.8. The van der Waals surface area contributed by atoms with Crippen molar-refractivity contribution in [3.05, 3.63) is 249 Å². The number of hydrogen-bond acceptors (Lipinski definition) is 5. The van der Waals surface area contributed by atoms with Gasteiger partial charge in [-0.15, -0.1) is 0 Å². The van der Waals surface area contributed by atoms with Gasteiger partial charge in [0.1, 0.15) is 17.5 Å². The number of aryl methyl sites for hydroxylation is 1. The molecule has 96 heavy (non-hydrogen) atoms. The van der Waals surface area contributed by atoms with Crippen molar-refractivity contribution in [3.63, 3.8) is 0 Å². The number of aliphatic carboxylic acids is 1. The Balaban J connectivity index is 0.000000185. The molecule has 10 atom stereocenters. The number of aromatic amines is 1. The maximum Gasteiger partial charge on any atom is 0.280 e. The number of halogens is 9. The molecule has 3 fully saturated rings. The number of quaternary nitrogens is 3. The highest BCUT2D eigenvalue weighted by Gasteiger charge is 2.45. The van der Waals surface area contributed by atoms with Crippen LogP contribution in [-0.2, 0) is 25.6 Å². The summed E-state index contributed by atoms with van der Waals surface area (Å²) >= 11 is 0. The highest BCUT2D eigenvalue weighted by molar-refractivity contribution is 5.83. The van der Waals surface area contributed by atoms with Crippen LogP contribution in [0.1, 0.15) is 137 Å². The van der Waals surface area contributed by atoms with E-state index >= 15 is 0 Å². The second-order valence-corrected chi connectivity index (χ2v) is 24.5. The van der Waals surface area contributed by atoms with Crippen LogP contribution >= 0.6 is 0 Å². The summed E-state index contributed by atoms with van der Waals surface area (Å²) in [4.78, 5) is 54.2. The summed E-state index contributed by atoms with van der Waals surface area (Å²) in [5.74, 6) is -12.1. The number of nitrogens with zero attached hydrogens (tertiary/aromatic N) is 3. The van der Waals surface area contributed by atoms with E-state index < -0.39 is 118 Å². The van der Waals surface area contributed by atoms with E-state index in [0.717, 1.165) is 42.0 Å². The zero-order valence-corrected chi connectivity index (χ0v) is 55.7. The Bertz CT molecular complexity index is 3570. The van der Waals surface area contributed by atoms with Crippen molar-refractivity contribution in [1.82, 2.24) is 19.7 Å². The average molecular weight is 1340 g/mol. The fraction of sp³-hybridized carbons (Fsp3) is 0.360. The van der Waals surface area contributed by atoms with Crippen LogP contribution < -0.4 is 22.3 Å². The molecule has 0 radical (unpaired) electrons. The summed E-state index contributed by atoms with van der Waals surface area (Å²) in [5.41, 5.74) is 16.6. The van der Waals surface area contributed by atoms with Crippen molar-refractivity contribution < 1.29 is 81.0 Å². The van der Waals surface area contributed by atoms with Gasteiger partial charge in [-0.05, 0) is 131 Å². The molecule has 12 nitrogen and oxygen atoms in total. The first-order chi connectivity index (χ1) is 45.6. The van der Waals surface area contributed by atoms with Gasteiger partial charge in [-0.1, -0.05) is 123 Å². The van der Waals surface area contributed by atoms with Gasteiger partial charge in [0.25, 0.3) is 17.7 Å². The molecule has 4 heterocycles. The van der Waals surface area contributed by atoms with E-state index in [0.29, 0.717) is 32.0 Å². The Morgan fingerprint density at radius 1 is 0.479 bits per heavy atom. The Morgan fingerprint density at radius 3 is 1.09 bits per heavy atom. The summed E-state index contributed by atoms with van der Waals surface area (Å²) < 4.78 is 124. The third-order valence-corrected chi connectivity index (χ3v) is 18.2. The maximum absolute atomic E-state index is 13.9. The molecule has 7 aromatic carbocycles. The molecule has 0 spiro atoms. The largest absolute Gasteiger partial charge is 0.550 e. The molecule has 514 valence electrons. The number of H-pyrrole nitrogens is 1. The second kappa shape index (κ2) is 35.3. The summed E-state index contributed by atoms with van der Waals surface area (Å²) in [7, 11) is 0. The number of piperidine rings is 3. The highest BCUT2D eigenvalue weighted by atomic mass is 19.2. The number of likely N-dealkylation sites (N-methyl/N-ethyl adjacent to an activating group) is 3. The molecule has 0 saturated carbocycles. The van der Waals surface area contributed by atoms with Crippen LogP contribution in [0.25, 0.3) is 10.9 Å². The second-order valence-electron chi connectivity index (χ2n) is 24.5. The summed E-state index contributed by atoms with van der Waals surface area (Å²) in [6, 6.07) is 43.4. The van der Waals surface area contributed by atoms with E-state index in [1.54, 1.807) is 48.5 Å². The van der Waals surface area contributed by atoms with E-state index in [2.05, 4.69) is 121 Å². The lowest BCUT2D eigenvalue weighted by Crippen LogP contribution is -2.72. The van der Waals surface area contributed by atoms with Gasteiger partial charge >= 0.3 is 0 Å². The fourth-order valence-corrected chi connectivity index (χ4v) is 12.8. The normalized spacial score (nSPS) is 21.0. The van der Waals surface area contributed by atoms with Gasteiger partial charge in [0.2, 0.25) is 0 Å². The number of rotatable bonds is 11. The number of benzene rings is 7. The van der Waals surface area contributed by atoms with Gasteiger partial charge in [0.15, 0.2) is 53.0 Å². The van der Waals surface area contributed by atoms with Crippen LogP contribution in [0.3, 0.4) is 0 Å². The number of aromatic nitrogens is 1. The van der Waals surface area contributed by atoms with Gasteiger partial charge in [-0.3, -0.25) is 14.4 Å². The number of carbonyl (C=O) groups excluding carboxylic acids is 4. The number of likely N-dealkylation sites (tertiary alicyclic amines) is 3. The Hall–Kier alpha value is -8.79. The molecule has 0 bridgehead atoms. The van der Waals surface area contributed by atoms with Gasteiger partial charge in [-0.2, -0.15) is 0 Å². The van der Waals surface area contributed by atoms with Crippen LogP contribution in [0.15, 0.2) is 158 Å². The molecule has 3 saturated heterocycles. The van der Waals surface area contributed by atoms with E-state index in [9.17, 15) is 63.8 Å². The Labute approximate surface area is 555 Å². The molecular weight excluding hydrogens is 1250 g/mol. The standard InChI is InChI=1S/3C14H17F3N2O.C14H14.C10H12O2.C9H9N/c3*1-3-19-7(2)8(6-11(18)14(19)20)12-9(15)4-5-10(16)13(12)17;1-12(13-8-4-2-5-9-13)14-10-6-3-7-11-14;1-8(10(11)12)7-9-5-3-2-4-6-9;1-7-6-8-4-2-3-5-9(8)10-7/h3*4-5,7-8,11H,3,6,18H2,1-2H3;2-12H,1H3;2-6,8H,7H2,1H3,(H,11,12);2-6,10H,1H3/p+2/t3*7-,8-,11+;;8-;/m111.0./s1. The van der Waals surface area contributed by atoms with Crippen LogP contribution in [0.2, 0.25) is 0 Å². The first-order valence-corrected chi connectivity index (χ1v) is 32.3. The molecule has 3 aliphatic heterocycles. The molecule has 0 aliphatic carbocycles. The van der Waals surface area contributed by atoms with Crippen molar-refractivity contribution in [3.8, 4) is 0 Å². The van der Waals surface area contributed by atoms with Gasteiger partial charge in [0, 0.05) is 115 Å². The molecule has 3 aliphatic rings. The minimum absolute atomic E-state index is 0.131. The monoisotopic (exact) mass is 1340 g/mol. The average Bonchev–Trinajstić information content (AvgIpc) is 0.890. The van der Waals surface area contributed by atoms with Crippen molar-refractivity contribution in [2.45, 2.75) is 148 Å². The number of fused-ring (bicyclic) bond motifs is 1. The number of nitrogens with one attached hydrogen (secondary N) is 1. The highest BCUT2D eigenvalue weighted by Crippen LogP contribution is 2.39. The number of para-hydroxylation sites is 1. The maximum atomic E-state index is 13.9. The van der Waals surface area contributed by atoms with Crippen molar-refractivity contribution in [2.24, 2.45) is 5.92 Å². The number of hydrogen-bond donors (Lipinski definition) is 4. The lowest BCUT2D eigenvalue weighted by Gasteiger charge is -2.40. The molecular formula is C75H88F9N7O5+2. The molecule has 3 amide bonds. The molecule has 1 aromatic heterocycles. The van der Waals surface area contributed by atoms with E-state index in [1.165, 1.54) is 42.4 Å². The molecule has 0 unspecified atom stereocenters. The minimum atomic E-state index is -1.17. The topological polar surface area (TPSA) is 200 Å². The lowest BCUT2D eigenvalue weighted by molar-refractivity contribution is -0.412. The smallest absolute Gasteiger partial charge is 0.280 e. The zero-order chi connectivity index (χ0) is 70.8. The summed E-state index contributed by atoms with van der Waals surface area (Å²) in [5, 5.41) is 11.7. The molecule has 11 rings (SSSR count). The van der Waals surface area contributed by atoms with Crippen LogP contribution in [0.4, 0.5) is 39.5 Å². The van der Waals surface area contributed by atoms with Crippen LogP contribution in [0, 0.1) is 65.2 Å². The number of carboxylic acid groups (broad SMARTS) is 1. The number of amides is 3. The van der Waals surface area contributed by atoms with Gasteiger partial charge in [0.05, 0.1) is 0 Å². The van der Waals surface area contributed by atoms with Gasteiger partial charge in [-0.25, -0.2) is 39.5 Å². The molecule has 8 aromatic rings. The first-order valence-electron chi connectivity index (χ1n) is 32.3. The SMILES string of the molecule is CC(c1ccccc1)c1ccccc1.CCN1C(=O)[C@@H]([NH3+])C[C@@H](c2c(F)ccc(F)c2F)[C@H]1C.CCN1C(=O)[C@@H]([NH3+])C[C@@H](c2c(F)ccc(F)c2F)[C@H]1C.CCN1C(=O)[C@@H]([NH3+])C[C@@H](c2c(F)ccc(F)c2F)[C@H]1C.C[C@@H](Cc1ccccc1)C(=O)[O-].Cc1cc2ccccc2[nH]1. The lowest BCUT2D eigenvalue weighted by atomic mass is 9.81. The van der Waals surface area contributed by atoms with Crippen molar-refractivity contribution in [2.75, 3.05) is 19.6 Å². The van der Waals surface area contributed by atoms with Crippen LogP contribution in [-0.4, -0.2) is 99.3 Å². The summed E-state index contributed by atoms with van der Waals surface area (Å²) in [6.07, 6.45) is 1.19. The van der Waals surface area contributed by atoms with E-state index in [1.807, 2.05) is 36.4 Å². The predicted octanol–water partition coefficient (Wildman–Crippen LogP) is 11.2. The molecule has 10 N–H and O–H groups in total. The third kappa shape index (κ3) is 18.8. The van der Waals surface area contributed by atoms with Crippen LogP contribution in [0.5, 0.6) is 0 Å². The van der Waals surface area contributed by atoms with Crippen molar-refractivity contribution in [1.29, 1.82) is 0 Å². The third-order valence-electron chi connectivity index (χ3n) is 18.2. The summed E-state index contributed by atoms with van der Waals surface area (Å²) in [6.45, 7) is 17.8.